The summed E-state index contributed by atoms with van der Waals surface area (Å²) in [6.07, 6.45) is -5.05. The molecule has 0 saturated carbocycles. The molecular weight excluding hydrogens is 619 g/mol. The van der Waals surface area contributed by atoms with Crippen LogP contribution >= 0.6 is 11.3 Å². The topological polar surface area (TPSA) is 118 Å². The summed E-state index contributed by atoms with van der Waals surface area (Å²) in [6, 6.07) is 6.21. The number of ether oxygens (including phenoxy) is 2. The number of hydrogen-bond donors (Lipinski definition) is 1. The molecule has 0 spiro atoms. The zero-order valence-electron chi connectivity index (χ0n) is 23.6. The molecule has 10 nitrogen and oxygen atoms in total. The number of nitriles is 1. The molecule has 2 aliphatic heterocycles. The highest BCUT2D eigenvalue weighted by molar-refractivity contribution is 7.23. The molecule has 16 heteroatoms. The zero-order valence-corrected chi connectivity index (χ0v) is 24.4. The lowest BCUT2D eigenvalue weighted by Crippen LogP contribution is -2.36. The minimum atomic E-state index is -5.05. The predicted octanol–water partition coefficient (Wildman–Crippen LogP) is 5.32. The second-order valence-electron chi connectivity index (χ2n) is 10.5. The summed E-state index contributed by atoms with van der Waals surface area (Å²) in [5.41, 5.74) is 3.50. The van der Waals surface area contributed by atoms with Crippen molar-refractivity contribution in [3.8, 4) is 23.2 Å². The van der Waals surface area contributed by atoms with Crippen molar-refractivity contribution in [1.29, 1.82) is 5.26 Å². The van der Waals surface area contributed by atoms with E-state index in [4.69, 9.17) is 15.2 Å². The van der Waals surface area contributed by atoms with Crippen LogP contribution in [-0.4, -0.2) is 59.7 Å². The van der Waals surface area contributed by atoms with Crippen LogP contribution in [0.1, 0.15) is 16.8 Å². The number of anilines is 3. The van der Waals surface area contributed by atoms with Gasteiger partial charge in [0.15, 0.2) is 11.6 Å². The summed E-state index contributed by atoms with van der Waals surface area (Å²) in [5, 5.41) is 13.9. The number of halogens is 5. The number of benzene rings is 2. The van der Waals surface area contributed by atoms with Gasteiger partial charge >= 0.3 is 12.2 Å². The number of morpholine rings is 1. The highest BCUT2D eigenvalue weighted by Gasteiger charge is 2.39. The predicted molar refractivity (Wildman–Crippen MR) is 157 cm³/mol. The van der Waals surface area contributed by atoms with Gasteiger partial charge < -0.3 is 25.0 Å². The van der Waals surface area contributed by atoms with Crippen molar-refractivity contribution in [2.24, 2.45) is 0 Å². The van der Waals surface area contributed by atoms with Crippen LogP contribution in [-0.2, 0) is 24.0 Å². The number of nitrogen functional groups attached to an aromatic ring is 1. The third-order valence-corrected chi connectivity index (χ3v) is 9.02. The lowest BCUT2D eigenvalue weighted by molar-refractivity contribution is -0.137. The van der Waals surface area contributed by atoms with E-state index in [1.54, 1.807) is 4.90 Å². The summed E-state index contributed by atoms with van der Waals surface area (Å²) >= 11 is 0.702. The van der Waals surface area contributed by atoms with Gasteiger partial charge in [-0.25, -0.2) is 8.78 Å². The molecule has 2 N–H and O–H groups in total. The minimum Gasteiger partial charge on any atom is -0.467 e. The first-order chi connectivity index (χ1) is 21.6. The van der Waals surface area contributed by atoms with Gasteiger partial charge in [0, 0.05) is 42.0 Å². The molecule has 0 unspecified atom stereocenters. The van der Waals surface area contributed by atoms with E-state index >= 15 is 4.39 Å². The Balaban J connectivity index is 1.42. The zero-order chi connectivity index (χ0) is 31.6. The van der Waals surface area contributed by atoms with Gasteiger partial charge in [-0.2, -0.15) is 33.5 Å². The standard InChI is InChI=1S/C29H23F5N8O2S/c1-43-28-37-24-16(27(38-28)41-4-5-42-14(13-41)10-20(39-42)40-6-8-44-9-7-40)11-18(29(32,33)34)22(23(24)31)15-2-3-19(30)25-21(15)17(12-35)26(36)45-25/h2-3,10-11H,4-9,13,36H2,1H3. The van der Waals surface area contributed by atoms with E-state index in [1.807, 2.05) is 16.8 Å². The molecule has 2 aromatic carbocycles. The SMILES string of the molecule is COc1nc(N2CCn3nc(N4CCOCC4)cc3C2)c2cc(C(F)(F)F)c(-c3ccc(F)c4sc(N)c(C#N)c34)c(F)c2n1. The molecule has 232 valence electrons. The Hall–Kier alpha value is -4.75. The molecule has 0 atom stereocenters. The van der Waals surface area contributed by atoms with Gasteiger partial charge in [0.1, 0.15) is 28.2 Å². The van der Waals surface area contributed by atoms with E-state index < -0.39 is 34.5 Å². The van der Waals surface area contributed by atoms with Crippen molar-refractivity contribution in [2.45, 2.75) is 19.3 Å². The van der Waals surface area contributed by atoms with Crippen molar-refractivity contribution < 1.29 is 31.4 Å². The van der Waals surface area contributed by atoms with Gasteiger partial charge in [-0.1, -0.05) is 6.07 Å². The molecular formula is C29H23F5N8O2S. The van der Waals surface area contributed by atoms with Gasteiger partial charge in [-0.3, -0.25) is 4.68 Å². The fraction of sp³-hybridized carbons (Fsp3) is 0.310. The Morgan fingerprint density at radius 1 is 1.07 bits per heavy atom. The second-order valence-corrected chi connectivity index (χ2v) is 11.6. The van der Waals surface area contributed by atoms with Crippen LogP contribution in [0.4, 0.5) is 38.6 Å². The van der Waals surface area contributed by atoms with Crippen LogP contribution in [0.3, 0.4) is 0 Å². The van der Waals surface area contributed by atoms with Crippen LogP contribution in [0.25, 0.3) is 32.1 Å². The van der Waals surface area contributed by atoms with Gasteiger partial charge in [-0.05, 0) is 17.7 Å². The molecule has 7 rings (SSSR count). The summed E-state index contributed by atoms with van der Waals surface area (Å²) < 4.78 is 88.0. The summed E-state index contributed by atoms with van der Waals surface area (Å²) in [4.78, 5) is 12.3. The van der Waals surface area contributed by atoms with Crippen molar-refractivity contribution in [3.63, 3.8) is 0 Å². The molecule has 3 aromatic heterocycles. The van der Waals surface area contributed by atoms with E-state index in [9.17, 15) is 22.8 Å². The normalized spacial score (nSPS) is 15.5. The Morgan fingerprint density at radius 3 is 2.56 bits per heavy atom. The molecule has 0 bridgehead atoms. The average molecular weight is 643 g/mol. The lowest BCUT2D eigenvalue weighted by Gasteiger charge is -2.30. The van der Waals surface area contributed by atoms with Crippen molar-refractivity contribution in [2.75, 3.05) is 55.5 Å². The fourth-order valence-corrected chi connectivity index (χ4v) is 6.85. The van der Waals surface area contributed by atoms with Gasteiger partial charge in [-0.15, -0.1) is 11.3 Å². The number of fused-ring (bicyclic) bond motifs is 3. The van der Waals surface area contributed by atoms with Gasteiger partial charge in [0.05, 0.1) is 54.9 Å². The number of aromatic nitrogens is 4. The van der Waals surface area contributed by atoms with Crippen molar-refractivity contribution in [3.05, 3.63) is 52.7 Å². The third-order valence-electron chi connectivity index (χ3n) is 8.00. The number of methoxy groups -OCH3 is 1. The van der Waals surface area contributed by atoms with E-state index in [0.29, 0.717) is 50.7 Å². The van der Waals surface area contributed by atoms with Crippen LogP contribution in [0.5, 0.6) is 6.01 Å². The Labute approximate surface area is 256 Å². The highest BCUT2D eigenvalue weighted by Crippen LogP contribution is 2.48. The Kier molecular flexibility index (Phi) is 6.89. The van der Waals surface area contributed by atoms with Crippen LogP contribution in [0, 0.1) is 23.0 Å². The molecule has 2 aliphatic rings. The Bertz CT molecular complexity index is 2030. The van der Waals surface area contributed by atoms with Crippen LogP contribution in [0.2, 0.25) is 0 Å². The van der Waals surface area contributed by atoms with Crippen LogP contribution < -0.4 is 20.3 Å². The molecule has 0 amide bonds. The average Bonchev–Trinajstić information content (AvgIpc) is 3.62. The first-order valence-electron chi connectivity index (χ1n) is 13.8. The quantitative estimate of drug-likeness (QED) is 0.260. The van der Waals surface area contributed by atoms with Crippen molar-refractivity contribution >= 4 is 49.0 Å². The highest BCUT2D eigenvalue weighted by atomic mass is 32.1. The number of hydrogen-bond acceptors (Lipinski definition) is 10. The van der Waals surface area contributed by atoms with Gasteiger partial charge in [0.2, 0.25) is 0 Å². The maximum Gasteiger partial charge on any atom is 0.417 e. The number of thiophene rings is 1. The maximum atomic E-state index is 16.6. The van der Waals surface area contributed by atoms with E-state index in [1.165, 1.54) is 7.11 Å². The second kappa shape index (κ2) is 10.7. The smallest absolute Gasteiger partial charge is 0.417 e. The lowest BCUT2D eigenvalue weighted by atomic mass is 9.92. The maximum absolute atomic E-state index is 16.6. The molecule has 1 fully saturated rings. The number of alkyl halides is 3. The van der Waals surface area contributed by atoms with E-state index in [2.05, 4.69) is 20.0 Å². The molecule has 1 saturated heterocycles. The third kappa shape index (κ3) is 4.73. The minimum absolute atomic E-state index is 0.0508. The molecule has 5 aromatic rings. The molecule has 45 heavy (non-hydrogen) atoms. The van der Waals surface area contributed by atoms with E-state index in [0.717, 1.165) is 29.7 Å². The van der Waals surface area contributed by atoms with Gasteiger partial charge in [0.25, 0.3) is 0 Å². The molecule has 5 heterocycles. The fourth-order valence-electron chi connectivity index (χ4n) is 5.90. The van der Waals surface area contributed by atoms with Crippen LogP contribution in [0.15, 0.2) is 24.3 Å². The number of nitrogens with zero attached hydrogens (tertiary/aromatic N) is 7. The monoisotopic (exact) mass is 642 g/mol. The summed E-state index contributed by atoms with van der Waals surface area (Å²) in [6.45, 7) is 3.48. The molecule has 0 radical (unpaired) electrons. The van der Waals surface area contributed by atoms with Crippen molar-refractivity contribution in [1.82, 2.24) is 19.7 Å². The first-order valence-corrected chi connectivity index (χ1v) is 14.6. The molecule has 0 aliphatic carbocycles. The summed E-state index contributed by atoms with van der Waals surface area (Å²) in [7, 11) is 1.27. The number of nitrogens with two attached hydrogens (primary N) is 1. The Morgan fingerprint density at radius 2 is 1.84 bits per heavy atom. The number of rotatable bonds is 4. The summed E-state index contributed by atoms with van der Waals surface area (Å²) in [5.74, 6) is -1.30. The van der Waals surface area contributed by atoms with E-state index in [-0.39, 0.29) is 50.0 Å². The first kappa shape index (κ1) is 29.0. The largest absolute Gasteiger partial charge is 0.467 e.